The molecule has 0 bridgehead atoms. The van der Waals surface area contributed by atoms with Crippen LogP contribution in [-0.4, -0.2) is 26.1 Å². The van der Waals surface area contributed by atoms with Gasteiger partial charge in [0.1, 0.15) is 0 Å². The fourth-order valence-electron chi connectivity index (χ4n) is 2.42. The number of nitrogens with zero attached hydrogens (tertiary/aromatic N) is 4. The molecule has 7 heteroatoms. The van der Waals surface area contributed by atoms with E-state index in [1.807, 2.05) is 35.8 Å². The molecular formula is C17H22N6O. The van der Waals surface area contributed by atoms with Gasteiger partial charge < -0.3 is 20.4 Å². The van der Waals surface area contributed by atoms with E-state index in [4.69, 9.17) is 10.5 Å². The number of aromatic nitrogens is 4. The first kappa shape index (κ1) is 16.2. The average molecular weight is 326 g/mol. The fourth-order valence-corrected chi connectivity index (χ4v) is 2.42. The van der Waals surface area contributed by atoms with Crippen LogP contribution in [-0.2, 0) is 6.54 Å². The van der Waals surface area contributed by atoms with E-state index in [9.17, 15) is 0 Å². The lowest BCUT2D eigenvalue weighted by Crippen LogP contribution is -2.05. The quantitative estimate of drug-likeness (QED) is 0.723. The van der Waals surface area contributed by atoms with Gasteiger partial charge in [0.05, 0.1) is 12.9 Å². The molecule has 3 aromatic rings. The largest absolute Gasteiger partial charge is 0.476 e. The first-order chi connectivity index (χ1) is 11.6. The minimum absolute atomic E-state index is 0.246. The van der Waals surface area contributed by atoms with Crippen LogP contribution < -0.4 is 15.8 Å². The van der Waals surface area contributed by atoms with Crippen LogP contribution in [0.2, 0.25) is 0 Å². The number of anilines is 2. The van der Waals surface area contributed by atoms with Gasteiger partial charge in [0, 0.05) is 18.3 Å². The van der Waals surface area contributed by atoms with Crippen molar-refractivity contribution in [3.8, 4) is 5.88 Å². The SMILES string of the molecule is CCOc1nc(Nc2ccc(CN)cc2)nc2c1ncn2C(C)C. The van der Waals surface area contributed by atoms with Crippen molar-refractivity contribution < 1.29 is 4.74 Å². The summed E-state index contributed by atoms with van der Waals surface area (Å²) in [4.78, 5) is 13.5. The Kier molecular flexibility index (Phi) is 4.61. The smallest absolute Gasteiger partial charge is 0.247 e. The summed E-state index contributed by atoms with van der Waals surface area (Å²) >= 11 is 0. The average Bonchev–Trinajstić information content (AvgIpc) is 3.00. The minimum atomic E-state index is 0.246. The van der Waals surface area contributed by atoms with Crippen LogP contribution >= 0.6 is 0 Å². The Morgan fingerprint density at radius 1 is 1.21 bits per heavy atom. The number of ether oxygens (including phenoxy) is 1. The molecule has 126 valence electrons. The zero-order chi connectivity index (χ0) is 17.1. The molecule has 7 nitrogen and oxygen atoms in total. The summed E-state index contributed by atoms with van der Waals surface area (Å²) in [6, 6.07) is 8.10. The molecule has 0 aliphatic rings. The van der Waals surface area contributed by atoms with Gasteiger partial charge >= 0.3 is 0 Å². The maximum atomic E-state index is 5.64. The Balaban J connectivity index is 2.01. The molecule has 1 aromatic carbocycles. The number of nitrogens with one attached hydrogen (secondary N) is 1. The van der Waals surface area contributed by atoms with Gasteiger partial charge in [0.15, 0.2) is 11.2 Å². The van der Waals surface area contributed by atoms with Crippen LogP contribution in [0, 0.1) is 0 Å². The molecule has 0 amide bonds. The number of nitrogens with two attached hydrogens (primary N) is 1. The Morgan fingerprint density at radius 2 is 1.96 bits per heavy atom. The normalized spacial score (nSPS) is 11.2. The van der Waals surface area contributed by atoms with E-state index in [1.165, 1.54) is 0 Å². The van der Waals surface area contributed by atoms with Gasteiger partial charge in [0.25, 0.3) is 0 Å². The maximum Gasteiger partial charge on any atom is 0.247 e. The molecular weight excluding hydrogens is 304 g/mol. The highest BCUT2D eigenvalue weighted by Crippen LogP contribution is 2.26. The van der Waals surface area contributed by atoms with Gasteiger partial charge in [-0.3, -0.25) is 0 Å². The van der Waals surface area contributed by atoms with Crippen molar-refractivity contribution in [2.75, 3.05) is 11.9 Å². The molecule has 3 rings (SSSR count). The lowest BCUT2D eigenvalue weighted by atomic mass is 10.2. The first-order valence-electron chi connectivity index (χ1n) is 8.05. The number of imidazole rings is 1. The molecule has 0 saturated heterocycles. The number of hydrogen-bond acceptors (Lipinski definition) is 6. The fraction of sp³-hybridized carbons (Fsp3) is 0.353. The van der Waals surface area contributed by atoms with Crippen molar-refractivity contribution in [1.82, 2.24) is 19.5 Å². The molecule has 2 aromatic heterocycles. The van der Waals surface area contributed by atoms with Crippen molar-refractivity contribution >= 4 is 22.8 Å². The zero-order valence-electron chi connectivity index (χ0n) is 14.2. The number of rotatable bonds is 6. The Bertz CT molecular complexity index is 825. The second-order valence-electron chi connectivity index (χ2n) is 5.73. The van der Waals surface area contributed by atoms with E-state index < -0.39 is 0 Å². The third-order valence-electron chi connectivity index (χ3n) is 3.67. The summed E-state index contributed by atoms with van der Waals surface area (Å²) in [7, 11) is 0. The van der Waals surface area contributed by atoms with Crippen LogP contribution in [0.1, 0.15) is 32.4 Å². The van der Waals surface area contributed by atoms with Crippen LogP contribution in [0.25, 0.3) is 11.2 Å². The van der Waals surface area contributed by atoms with Crippen LogP contribution in [0.3, 0.4) is 0 Å². The lowest BCUT2D eigenvalue weighted by molar-refractivity contribution is 0.330. The summed E-state index contributed by atoms with van der Waals surface area (Å²) in [6.07, 6.45) is 1.77. The predicted molar refractivity (Wildman–Crippen MR) is 94.5 cm³/mol. The first-order valence-corrected chi connectivity index (χ1v) is 8.05. The molecule has 0 fully saturated rings. The van der Waals surface area contributed by atoms with Crippen LogP contribution in [0.4, 0.5) is 11.6 Å². The molecule has 0 unspecified atom stereocenters. The van der Waals surface area contributed by atoms with Crippen LogP contribution in [0.15, 0.2) is 30.6 Å². The van der Waals surface area contributed by atoms with Crippen molar-refractivity contribution in [3.05, 3.63) is 36.2 Å². The second-order valence-corrected chi connectivity index (χ2v) is 5.73. The highest BCUT2D eigenvalue weighted by Gasteiger charge is 2.15. The summed E-state index contributed by atoms with van der Waals surface area (Å²) in [5.74, 6) is 0.969. The van der Waals surface area contributed by atoms with Gasteiger partial charge in [-0.25, -0.2) is 4.98 Å². The van der Waals surface area contributed by atoms with Gasteiger partial charge in [0.2, 0.25) is 11.8 Å². The molecule has 24 heavy (non-hydrogen) atoms. The number of hydrogen-bond donors (Lipinski definition) is 2. The van der Waals surface area contributed by atoms with Gasteiger partial charge in [-0.15, -0.1) is 0 Å². The number of benzene rings is 1. The zero-order valence-corrected chi connectivity index (χ0v) is 14.2. The maximum absolute atomic E-state index is 5.64. The second kappa shape index (κ2) is 6.84. The van der Waals surface area contributed by atoms with E-state index in [1.54, 1.807) is 6.33 Å². The van der Waals surface area contributed by atoms with Gasteiger partial charge in [-0.1, -0.05) is 12.1 Å². The Labute approximate surface area is 140 Å². The highest BCUT2D eigenvalue weighted by atomic mass is 16.5. The van der Waals surface area contributed by atoms with E-state index in [-0.39, 0.29) is 6.04 Å². The monoisotopic (exact) mass is 326 g/mol. The molecule has 3 N–H and O–H groups in total. The minimum Gasteiger partial charge on any atom is -0.476 e. The van der Waals surface area contributed by atoms with Gasteiger partial charge in [-0.05, 0) is 38.5 Å². The van der Waals surface area contributed by atoms with Crippen molar-refractivity contribution in [2.45, 2.75) is 33.4 Å². The van der Waals surface area contributed by atoms with Crippen molar-refractivity contribution in [2.24, 2.45) is 5.73 Å². The lowest BCUT2D eigenvalue weighted by Gasteiger charge is -2.11. The molecule has 0 saturated carbocycles. The molecule has 2 heterocycles. The number of fused-ring (bicyclic) bond motifs is 1. The standard InChI is InChI=1S/C17H22N6O/c1-4-24-16-14-15(23(10-19-14)11(2)3)21-17(22-16)20-13-7-5-12(9-18)6-8-13/h5-8,10-11H,4,9,18H2,1-3H3,(H,20,21,22). The summed E-state index contributed by atoms with van der Waals surface area (Å²) in [5.41, 5.74) is 9.03. The van der Waals surface area contributed by atoms with Crippen LogP contribution in [0.5, 0.6) is 5.88 Å². The highest BCUT2D eigenvalue weighted by molar-refractivity contribution is 5.78. The summed E-state index contributed by atoms with van der Waals surface area (Å²) in [5, 5.41) is 3.22. The molecule has 0 spiro atoms. The van der Waals surface area contributed by atoms with E-state index in [0.29, 0.717) is 30.5 Å². The van der Waals surface area contributed by atoms with Crippen molar-refractivity contribution in [3.63, 3.8) is 0 Å². The van der Waals surface area contributed by atoms with E-state index in [0.717, 1.165) is 16.9 Å². The molecule has 0 aliphatic heterocycles. The molecule has 0 atom stereocenters. The van der Waals surface area contributed by atoms with E-state index >= 15 is 0 Å². The van der Waals surface area contributed by atoms with Gasteiger partial charge in [-0.2, -0.15) is 9.97 Å². The third-order valence-corrected chi connectivity index (χ3v) is 3.67. The van der Waals surface area contributed by atoms with Crippen molar-refractivity contribution in [1.29, 1.82) is 0 Å². The Hall–Kier alpha value is -2.67. The summed E-state index contributed by atoms with van der Waals surface area (Å²) in [6.45, 7) is 7.13. The predicted octanol–water partition coefficient (Wildman–Crippen LogP) is 3.01. The summed E-state index contributed by atoms with van der Waals surface area (Å²) < 4.78 is 7.65. The molecule has 0 aliphatic carbocycles. The molecule has 0 radical (unpaired) electrons. The Morgan fingerprint density at radius 3 is 2.58 bits per heavy atom. The van der Waals surface area contributed by atoms with E-state index in [2.05, 4.69) is 34.1 Å². The third kappa shape index (κ3) is 3.16. The topological polar surface area (TPSA) is 90.9 Å².